The summed E-state index contributed by atoms with van der Waals surface area (Å²) in [5.74, 6) is 0.778. The maximum absolute atomic E-state index is 4.17. The highest BCUT2D eigenvalue weighted by Crippen LogP contribution is 2.16. The van der Waals surface area contributed by atoms with Crippen LogP contribution in [0.2, 0.25) is 0 Å². The molecular weight excluding hydrogens is 258 g/mol. The number of benzene rings is 1. The second-order valence-corrected chi connectivity index (χ2v) is 5.93. The fourth-order valence-corrected chi connectivity index (χ4v) is 2.85. The van der Waals surface area contributed by atoms with E-state index in [1.165, 1.54) is 29.3 Å². The van der Waals surface area contributed by atoms with Crippen molar-refractivity contribution in [2.75, 3.05) is 26.2 Å². The van der Waals surface area contributed by atoms with Gasteiger partial charge in [0.25, 0.3) is 0 Å². The van der Waals surface area contributed by atoms with E-state index < -0.39 is 0 Å². The Labute approximate surface area is 128 Å². The maximum Gasteiger partial charge on any atom is 0.0346 e. The highest BCUT2D eigenvalue weighted by Gasteiger charge is 2.12. The van der Waals surface area contributed by atoms with Gasteiger partial charge in [-0.3, -0.25) is 9.88 Å². The van der Waals surface area contributed by atoms with Crippen molar-refractivity contribution in [3.05, 3.63) is 42.2 Å². The Kier molecular flexibility index (Phi) is 5.71. The van der Waals surface area contributed by atoms with E-state index in [-0.39, 0.29) is 7.43 Å². The molecule has 114 valence electrons. The molecule has 0 unspecified atom stereocenters. The number of pyridine rings is 1. The van der Waals surface area contributed by atoms with Crippen LogP contribution < -0.4 is 5.32 Å². The van der Waals surface area contributed by atoms with Gasteiger partial charge in [-0.25, -0.2) is 0 Å². The van der Waals surface area contributed by atoms with Crippen LogP contribution in [0.5, 0.6) is 0 Å². The van der Waals surface area contributed by atoms with Gasteiger partial charge in [-0.05, 0) is 48.5 Å². The van der Waals surface area contributed by atoms with Crippen molar-refractivity contribution in [1.82, 2.24) is 15.2 Å². The highest BCUT2D eigenvalue weighted by molar-refractivity contribution is 5.81. The number of hydrogen-bond donors (Lipinski definition) is 1. The first kappa shape index (κ1) is 15.9. The summed E-state index contributed by atoms with van der Waals surface area (Å²) in [6.07, 6.45) is 5.08. The van der Waals surface area contributed by atoms with Crippen LogP contribution in [-0.2, 0) is 6.54 Å². The third-order valence-electron chi connectivity index (χ3n) is 4.15. The summed E-state index contributed by atoms with van der Waals surface area (Å²) in [5.41, 5.74) is 1.40. The molecule has 2 heterocycles. The molecule has 0 aliphatic carbocycles. The van der Waals surface area contributed by atoms with Crippen molar-refractivity contribution in [3.8, 4) is 0 Å². The second kappa shape index (κ2) is 7.53. The Bertz CT molecular complexity index is 567. The molecule has 1 aromatic carbocycles. The average Bonchev–Trinajstić information content (AvgIpc) is 2.46. The van der Waals surface area contributed by atoms with E-state index >= 15 is 0 Å². The lowest BCUT2D eigenvalue weighted by molar-refractivity contribution is 0.226. The molecule has 0 amide bonds. The quantitative estimate of drug-likeness (QED) is 0.917. The minimum absolute atomic E-state index is 0. The largest absolute Gasteiger partial charge is 0.315 e. The van der Waals surface area contributed by atoms with Gasteiger partial charge in [0.2, 0.25) is 0 Å². The standard InChI is InChI=1S/C17H23N3.CH4/c1-14-5-8-20(9-7-19-11-14)13-15-2-3-17-12-18-6-4-16(17)10-15;/h2-4,6,10,12,14,19H,5,7-9,11,13H2,1H3;1H4/t14-;/m1./s1. The lowest BCUT2D eigenvalue weighted by Crippen LogP contribution is -2.38. The van der Waals surface area contributed by atoms with Crippen molar-refractivity contribution in [2.24, 2.45) is 5.92 Å². The summed E-state index contributed by atoms with van der Waals surface area (Å²) in [5, 5.41) is 6.04. The molecule has 2 aromatic rings. The van der Waals surface area contributed by atoms with E-state index in [0.717, 1.165) is 32.1 Å². The first-order valence-corrected chi connectivity index (χ1v) is 7.57. The smallest absolute Gasteiger partial charge is 0.0346 e. The van der Waals surface area contributed by atoms with Crippen LogP contribution in [0.3, 0.4) is 0 Å². The predicted molar refractivity (Wildman–Crippen MR) is 90.4 cm³/mol. The monoisotopic (exact) mass is 285 g/mol. The topological polar surface area (TPSA) is 28.2 Å². The van der Waals surface area contributed by atoms with Crippen LogP contribution in [-0.4, -0.2) is 36.1 Å². The normalized spacial score (nSPS) is 20.5. The van der Waals surface area contributed by atoms with Crippen molar-refractivity contribution in [1.29, 1.82) is 0 Å². The van der Waals surface area contributed by atoms with Crippen molar-refractivity contribution in [3.63, 3.8) is 0 Å². The number of fused-ring (bicyclic) bond motifs is 1. The zero-order valence-electron chi connectivity index (χ0n) is 12.2. The van der Waals surface area contributed by atoms with Gasteiger partial charge < -0.3 is 5.32 Å². The summed E-state index contributed by atoms with van der Waals surface area (Å²) >= 11 is 0. The molecule has 0 spiro atoms. The zero-order chi connectivity index (χ0) is 13.8. The van der Waals surface area contributed by atoms with Gasteiger partial charge in [-0.15, -0.1) is 0 Å². The van der Waals surface area contributed by atoms with Crippen LogP contribution in [0.25, 0.3) is 10.8 Å². The first-order chi connectivity index (χ1) is 9.81. The Hall–Kier alpha value is -1.45. The molecular formula is C18H27N3. The molecule has 3 heteroatoms. The molecule has 3 rings (SSSR count). The van der Waals surface area contributed by atoms with Gasteiger partial charge >= 0.3 is 0 Å². The Morgan fingerprint density at radius 2 is 2.14 bits per heavy atom. The average molecular weight is 285 g/mol. The summed E-state index contributed by atoms with van der Waals surface area (Å²) in [6, 6.07) is 8.81. The molecule has 21 heavy (non-hydrogen) atoms. The van der Waals surface area contributed by atoms with Gasteiger partial charge in [0, 0.05) is 37.4 Å². The molecule has 0 saturated carbocycles. The van der Waals surface area contributed by atoms with Gasteiger partial charge in [0.15, 0.2) is 0 Å². The maximum atomic E-state index is 4.17. The Balaban J connectivity index is 0.00000161. The summed E-state index contributed by atoms with van der Waals surface area (Å²) < 4.78 is 0. The van der Waals surface area contributed by atoms with Crippen LogP contribution in [0.1, 0.15) is 26.3 Å². The van der Waals surface area contributed by atoms with Gasteiger partial charge in [-0.1, -0.05) is 26.5 Å². The summed E-state index contributed by atoms with van der Waals surface area (Å²) in [7, 11) is 0. The number of hydrogen-bond acceptors (Lipinski definition) is 3. The molecule has 1 aliphatic rings. The lowest BCUT2D eigenvalue weighted by atomic mass is 10.1. The molecule has 1 N–H and O–H groups in total. The van der Waals surface area contributed by atoms with Gasteiger partial charge in [-0.2, -0.15) is 0 Å². The van der Waals surface area contributed by atoms with E-state index in [4.69, 9.17) is 0 Å². The molecule has 1 saturated heterocycles. The van der Waals surface area contributed by atoms with Gasteiger partial charge in [0.1, 0.15) is 0 Å². The van der Waals surface area contributed by atoms with Gasteiger partial charge in [0.05, 0.1) is 0 Å². The molecule has 1 aromatic heterocycles. The number of nitrogens with zero attached hydrogens (tertiary/aromatic N) is 2. The lowest BCUT2D eigenvalue weighted by Gasteiger charge is -2.27. The third-order valence-corrected chi connectivity index (χ3v) is 4.15. The Morgan fingerprint density at radius 3 is 3.05 bits per heavy atom. The number of rotatable bonds is 2. The van der Waals surface area contributed by atoms with Crippen LogP contribution >= 0.6 is 0 Å². The van der Waals surface area contributed by atoms with Crippen LogP contribution in [0.4, 0.5) is 0 Å². The molecule has 1 fully saturated rings. The SMILES string of the molecule is C.C[C@@H]1CCN(Cc2ccc3cnccc3c2)CCNC1. The number of aromatic nitrogens is 1. The molecule has 1 aliphatic heterocycles. The minimum Gasteiger partial charge on any atom is -0.315 e. The van der Waals surface area contributed by atoms with E-state index in [1.807, 2.05) is 12.4 Å². The fraction of sp³-hybridized carbons (Fsp3) is 0.500. The molecule has 1 atom stereocenters. The van der Waals surface area contributed by atoms with E-state index in [9.17, 15) is 0 Å². The third kappa shape index (κ3) is 4.26. The van der Waals surface area contributed by atoms with Crippen molar-refractivity contribution in [2.45, 2.75) is 27.3 Å². The fourth-order valence-electron chi connectivity index (χ4n) is 2.85. The van der Waals surface area contributed by atoms with E-state index in [0.29, 0.717) is 0 Å². The predicted octanol–water partition coefficient (Wildman–Crippen LogP) is 3.30. The highest BCUT2D eigenvalue weighted by atomic mass is 15.1. The van der Waals surface area contributed by atoms with Crippen molar-refractivity contribution >= 4 is 10.8 Å². The summed E-state index contributed by atoms with van der Waals surface area (Å²) in [4.78, 5) is 6.73. The first-order valence-electron chi connectivity index (χ1n) is 7.57. The second-order valence-electron chi connectivity index (χ2n) is 5.93. The van der Waals surface area contributed by atoms with E-state index in [1.54, 1.807) is 0 Å². The molecule has 0 bridgehead atoms. The van der Waals surface area contributed by atoms with Crippen LogP contribution in [0.15, 0.2) is 36.7 Å². The van der Waals surface area contributed by atoms with Crippen molar-refractivity contribution < 1.29 is 0 Å². The minimum atomic E-state index is 0. The zero-order valence-corrected chi connectivity index (χ0v) is 12.2. The van der Waals surface area contributed by atoms with E-state index in [2.05, 4.69) is 46.4 Å². The Morgan fingerprint density at radius 1 is 1.24 bits per heavy atom. The summed E-state index contributed by atoms with van der Waals surface area (Å²) in [6.45, 7) is 7.99. The number of nitrogens with one attached hydrogen (secondary N) is 1. The molecule has 3 nitrogen and oxygen atoms in total. The van der Waals surface area contributed by atoms with Crippen LogP contribution in [0, 0.1) is 5.92 Å². The molecule has 0 radical (unpaired) electrons.